The normalized spacial score (nSPS) is 19.3. The molecule has 0 spiro atoms. The fraction of sp³-hybridized carbons (Fsp3) is 0.550. The lowest BCUT2D eigenvalue weighted by atomic mass is 10.0. The van der Waals surface area contributed by atoms with Gasteiger partial charge in [-0.25, -0.2) is 0 Å². The van der Waals surface area contributed by atoms with Gasteiger partial charge in [0.05, 0.1) is 11.9 Å². The fourth-order valence-corrected chi connectivity index (χ4v) is 3.90. The monoisotopic (exact) mass is 376 g/mol. The third-order valence-corrected chi connectivity index (χ3v) is 5.25. The lowest BCUT2D eigenvalue weighted by Gasteiger charge is -2.42. The second-order valence-electron chi connectivity index (χ2n) is 7.57. The number of aromatic nitrogens is 2. The fourth-order valence-electron chi connectivity index (χ4n) is 3.77. The molecule has 0 bridgehead atoms. The maximum Gasteiger partial charge on any atom is 0.0695 e. The summed E-state index contributed by atoms with van der Waals surface area (Å²) in [5, 5.41) is 17.6. The molecular weight excluding hydrogens is 348 g/mol. The summed E-state index contributed by atoms with van der Waals surface area (Å²) in [5.74, 6) is 0.646. The number of rotatable bonds is 7. The number of aliphatic hydroxyl groups excluding tert-OH is 1. The van der Waals surface area contributed by atoms with Crippen molar-refractivity contribution in [1.82, 2.24) is 20.0 Å². The molecule has 142 valence electrons. The summed E-state index contributed by atoms with van der Waals surface area (Å²) in [6.45, 7) is 9.80. The molecule has 26 heavy (non-hydrogen) atoms. The zero-order valence-electron chi connectivity index (χ0n) is 15.7. The minimum atomic E-state index is 0.245. The first-order chi connectivity index (χ1) is 12.6. The third kappa shape index (κ3) is 4.86. The summed E-state index contributed by atoms with van der Waals surface area (Å²) >= 11 is 6.00. The van der Waals surface area contributed by atoms with Crippen LogP contribution in [-0.2, 0) is 6.54 Å². The van der Waals surface area contributed by atoms with Crippen molar-refractivity contribution in [2.45, 2.75) is 32.9 Å². The van der Waals surface area contributed by atoms with Crippen LogP contribution in [0.4, 0.5) is 0 Å². The van der Waals surface area contributed by atoms with Gasteiger partial charge in [0.25, 0.3) is 0 Å². The summed E-state index contributed by atoms with van der Waals surface area (Å²) in [6, 6.07) is 8.28. The van der Waals surface area contributed by atoms with Crippen LogP contribution in [-0.4, -0.2) is 63.9 Å². The molecule has 1 aromatic heterocycles. The van der Waals surface area contributed by atoms with Crippen LogP contribution in [0.3, 0.4) is 0 Å². The van der Waals surface area contributed by atoms with Crippen molar-refractivity contribution in [3.8, 4) is 11.3 Å². The Balaban J connectivity index is 1.68. The van der Waals surface area contributed by atoms with Gasteiger partial charge in [-0.1, -0.05) is 37.6 Å². The maximum absolute atomic E-state index is 9.46. The van der Waals surface area contributed by atoms with E-state index in [-0.39, 0.29) is 6.61 Å². The molecule has 0 radical (unpaired) electrons. The molecule has 1 aliphatic heterocycles. The molecule has 2 N–H and O–H groups in total. The summed E-state index contributed by atoms with van der Waals surface area (Å²) in [5.41, 5.74) is 3.37. The Morgan fingerprint density at radius 2 is 2.04 bits per heavy atom. The molecule has 1 fully saturated rings. The molecule has 1 unspecified atom stereocenters. The summed E-state index contributed by atoms with van der Waals surface area (Å²) in [4.78, 5) is 5.01. The largest absolute Gasteiger partial charge is 0.396 e. The van der Waals surface area contributed by atoms with Crippen LogP contribution < -0.4 is 0 Å². The van der Waals surface area contributed by atoms with Crippen LogP contribution in [0.5, 0.6) is 0 Å². The third-order valence-electron chi connectivity index (χ3n) is 5.00. The van der Waals surface area contributed by atoms with Crippen molar-refractivity contribution >= 4 is 11.6 Å². The average Bonchev–Trinajstić information content (AvgIpc) is 3.06. The van der Waals surface area contributed by atoms with Crippen LogP contribution in [0.25, 0.3) is 11.3 Å². The van der Waals surface area contributed by atoms with Gasteiger partial charge < -0.3 is 5.11 Å². The predicted octanol–water partition coefficient (Wildman–Crippen LogP) is 3.25. The quantitative estimate of drug-likeness (QED) is 0.778. The Morgan fingerprint density at radius 1 is 1.27 bits per heavy atom. The molecule has 0 aliphatic carbocycles. The van der Waals surface area contributed by atoms with Crippen LogP contribution in [0.15, 0.2) is 30.5 Å². The highest BCUT2D eigenvalue weighted by Crippen LogP contribution is 2.25. The van der Waals surface area contributed by atoms with Crippen molar-refractivity contribution in [3.05, 3.63) is 41.0 Å². The van der Waals surface area contributed by atoms with E-state index in [4.69, 9.17) is 11.6 Å². The van der Waals surface area contributed by atoms with E-state index in [1.165, 1.54) is 5.56 Å². The molecule has 0 amide bonds. The molecule has 1 atom stereocenters. The van der Waals surface area contributed by atoms with E-state index in [2.05, 4.69) is 33.8 Å². The first kappa shape index (κ1) is 19.4. The van der Waals surface area contributed by atoms with Gasteiger partial charge in [0, 0.05) is 56.0 Å². The van der Waals surface area contributed by atoms with E-state index in [9.17, 15) is 5.11 Å². The van der Waals surface area contributed by atoms with E-state index < -0.39 is 0 Å². The number of hydrogen-bond donors (Lipinski definition) is 2. The number of H-pyrrole nitrogens is 1. The molecule has 5 nitrogen and oxygen atoms in total. The topological polar surface area (TPSA) is 55.4 Å². The second-order valence-corrected chi connectivity index (χ2v) is 8.00. The van der Waals surface area contributed by atoms with E-state index in [0.717, 1.165) is 55.4 Å². The molecule has 3 rings (SSSR count). The zero-order chi connectivity index (χ0) is 18.5. The van der Waals surface area contributed by atoms with Crippen molar-refractivity contribution in [3.63, 3.8) is 0 Å². The molecule has 1 aromatic carbocycles. The van der Waals surface area contributed by atoms with Crippen LogP contribution in [0.1, 0.15) is 25.8 Å². The van der Waals surface area contributed by atoms with Gasteiger partial charge >= 0.3 is 0 Å². The highest BCUT2D eigenvalue weighted by molar-refractivity contribution is 6.30. The van der Waals surface area contributed by atoms with Crippen molar-refractivity contribution in [2.75, 3.05) is 32.8 Å². The Hall–Kier alpha value is -1.40. The lowest BCUT2D eigenvalue weighted by molar-refractivity contribution is 0.0477. The molecule has 1 aliphatic rings. The Labute approximate surface area is 161 Å². The van der Waals surface area contributed by atoms with Crippen LogP contribution in [0, 0.1) is 5.92 Å². The van der Waals surface area contributed by atoms with Gasteiger partial charge in [-0.3, -0.25) is 14.9 Å². The minimum Gasteiger partial charge on any atom is -0.396 e. The maximum atomic E-state index is 9.46. The second kappa shape index (κ2) is 9.00. The molecule has 1 saturated heterocycles. The van der Waals surface area contributed by atoms with E-state index in [1.807, 2.05) is 30.5 Å². The van der Waals surface area contributed by atoms with Gasteiger partial charge in [0.2, 0.25) is 0 Å². The van der Waals surface area contributed by atoms with Crippen LogP contribution in [0.2, 0.25) is 5.02 Å². The number of hydrogen-bond acceptors (Lipinski definition) is 4. The average molecular weight is 377 g/mol. The predicted molar refractivity (Wildman–Crippen MR) is 106 cm³/mol. The van der Waals surface area contributed by atoms with E-state index in [1.54, 1.807) is 0 Å². The number of benzene rings is 1. The summed E-state index contributed by atoms with van der Waals surface area (Å²) < 4.78 is 0. The summed E-state index contributed by atoms with van der Waals surface area (Å²) in [7, 11) is 0. The van der Waals surface area contributed by atoms with Gasteiger partial charge in [0.15, 0.2) is 0 Å². The van der Waals surface area contributed by atoms with Crippen molar-refractivity contribution < 1.29 is 5.11 Å². The molecular formula is C20H29ClN4O. The van der Waals surface area contributed by atoms with E-state index >= 15 is 0 Å². The Morgan fingerprint density at radius 3 is 2.73 bits per heavy atom. The number of halogens is 1. The molecule has 6 heteroatoms. The Bertz CT molecular complexity index is 685. The smallest absolute Gasteiger partial charge is 0.0695 e. The molecule has 0 saturated carbocycles. The number of aliphatic hydroxyl groups is 1. The SMILES string of the molecule is CC(C)CN1CCN(Cc2cn[nH]c2-c2ccc(Cl)cc2)CC1CCO. The number of aromatic amines is 1. The first-order valence-electron chi connectivity index (χ1n) is 9.42. The number of nitrogens with one attached hydrogen (secondary N) is 1. The van der Waals surface area contributed by atoms with Crippen molar-refractivity contribution in [1.29, 1.82) is 0 Å². The van der Waals surface area contributed by atoms with Crippen LogP contribution >= 0.6 is 11.6 Å². The lowest BCUT2D eigenvalue weighted by Crippen LogP contribution is -2.53. The van der Waals surface area contributed by atoms with Gasteiger partial charge in [-0.15, -0.1) is 0 Å². The zero-order valence-corrected chi connectivity index (χ0v) is 16.4. The Kier molecular flexibility index (Phi) is 6.70. The number of nitrogens with zero attached hydrogens (tertiary/aromatic N) is 3. The highest BCUT2D eigenvalue weighted by atomic mass is 35.5. The van der Waals surface area contributed by atoms with E-state index in [0.29, 0.717) is 12.0 Å². The standard InChI is InChI=1S/C20H29ClN4O/c1-15(2)12-25-9-8-24(14-19(25)7-10-26)13-17-11-22-23-20(17)16-3-5-18(21)6-4-16/h3-6,11,15,19,26H,7-10,12-14H2,1-2H3,(H,22,23). The highest BCUT2D eigenvalue weighted by Gasteiger charge is 2.27. The molecule has 2 aromatic rings. The first-order valence-corrected chi connectivity index (χ1v) is 9.80. The summed E-state index contributed by atoms with van der Waals surface area (Å²) in [6.07, 6.45) is 2.75. The minimum absolute atomic E-state index is 0.245. The van der Waals surface area contributed by atoms with Gasteiger partial charge in [-0.05, 0) is 30.0 Å². The molecule has 2 heterocycles. The number of piperazine rings is 1. The van der Waals surface area contributed by atoms with Crippen molar-refractivity contribution in [2.24, 2.45) is 5.92 Å². The van der Waals surface area contributed by atoms with Gasteiger partial charge in [-0.2, -0.15) is 5.10 Å². The van der Waals surface area contributed by atoms with Gasteiger partial charge in [0.1, 0.15) is 0 Å².